The number of hydrogen-bond donors (Lipinski definition) is 3. The molecule has 1 heterocycles. The Balaban J connectivity index is 1.53. The number of carbonyl (C=O) groups excluding carboxylic acids is 1. The molecule has 222 valence electrons. The van der Waals surface area contributed by atoms with Gasteiger partial charge in [-0.2, -0.15) is 0 Å². The number of nitrogens with zero attached hydrogens (tertiary/aromatic N) is 1. The van der Waals surface area contributed by atoms with Crippen LogP contribution in [0.5, 0.6) is 0 Å². The van der Waals surface area contributed by atoms with Gasteiger partial charge in [0, 0.05) is 37.5 Å². The molecule has 0 saturated carbocycles. The number of aliphatic hydroxyl groups is 1. The van der Waals surface area contributed by atoms with E-state index in [-0.39, 0.29) is 43.5 Å². The van der Waals surface area contributed by atoms with Crippen molar-refractivity contribution >= 4 is 11.9 Å². The van der Waals surface area contributed by atoms with Crippen molar-refractivity contribution in [1.29, 1.82) is 0 Å². The van der Waals surface area contributed by atoms with E-state index in [0.29, 0.717) is 6.54 Å². The first-order valence-corrected chi connectivity index (χ1v) is 14.3. The summed E-state index contributed by atoms with van der Waals surface area (Å²) in [5.74, 6) is -1.20. The monoisotopic (exact) mass is 572 g/mol. The molecular weight excluding hydrogens is 532 g/mol. The summed E-state index contributed by atoms with van der Waals surface area (Å²) >= 11 is 0. The van der Waals surface area contributed by atoms with Crippen LogP contribution in [0, 0.1) is 5.92 Å². The third kappa shape index (κ3) is 8.14. The highest BCUT2D eigenvalue weighted by Gasteiger charge is 2.38. The van der Waals surface area contributed by atoms with E-state index in [2.05, 4.69) is 23.7 Å². The van der Waals surface area contributed by atoms with Gasteiger partial charge in [-0.1, -0.05) is 85.8 Å². The van der Waals surface area contributed by atoms with Crippen LogP contribution in [0.3, 0.4) is 0 Å². The number of ether oxygens (including phenoxy) is 2. The van der Waals surface area contributed by atoms with Gasteiger partial charge in [-0.15, -0.1) is 6.58 Å². The maximum absolute atomic E-state index is 12.1. The molecule has 3 aromatic carbocycles. The molecule has 3 N–H and O–H groups in total. The summed E-state index contributed by atoms with van der Waals surface area (Å²) in [6, 6.07) is 23.8. The van der Waals surface area contributed by atoms with E-state index in [1.807, 2.05) is 85.9 Å². The summed E-state index contributed by atoms with van der Waals surface area (Å²) in [4.78, 5) is 25.0. The van der Waals surface area contributed by atoms with Gasteiger partial charge in [0.2, 0.25) is 5.91 Å². The predicted octanol–water partition coefficient (Wildman–Crippen LogP) is 5.24. The van der Waals surface area contributed by atoms with Crippen molar-refractivity contribution in [3.05, 3.63) is 108 Å². The van der Waals surface area contributed by atoms with E-state index < -0.39 is 12.3 Å². The van der Waals surface area contributed by atoms with Crippen LogP contribution in [0.2, 0.25) is 0 Å². The number of carbonyl (C=O) groups is 2. The number of carboxylic acids is 1. The van der Waals surface area contributed by atoms with Crippen molar-refractivity contribution in [2.75, 3.05) is 20.1 Å². The van der Waals surface area contributed by atoms with Crippen LogP contribution in [0.4, 0.5) is 0 Å². The van der Waals surface area contributed by atoms with Crippen molar-refractivity contribution in [2.24, 2.45) is 5.92 Å². The SMILES string of the molecule is C=CCN(C)C[C@@H]1O[C@H](c2ccc(-c3ccccc3CNC(=O)CCC(=O)O)cc2)O[C@H](c2ccc(CO)cc2)[C@@H]1C. The van der Waals surface area contributed by atoms with E-state index in [0.717, 1.165) is 46.5 Å². The molecule has 4 rings (SSSR count). The topological polar surface area (TPSA) is 108 Å². The van der Waals surface area contributed by atoms with Crippen LogP contribution in [-0.2, 0) is 32.2 Å². The molecule has 1 saturated heterocycles. The Hall–Kier alpha value is -3.82. The average molecular weight is 573 g/mol. The van der Waals surface area contributed by atoms with E-state index in [1.54, 1.807) is 0 Å². The highest BCUT2D eigenvalue weighted by atomic mass is 16.7. The van der Waals surface area contributed by atoms with E-state index in [9.17, 15) is 14.7 Å². The van der Waals surface area contributed by atoms with Gasteiger partial charge in [0.15, 0.2) is 6.29 Å². The number of carboxylic acid groups (broad SMARTS) is 1. The minimum atomic E-state index is -0.993. The molecule has 0 aliphatic carbocycles. The normalized spacial score (nSPS) is 20.3. The first kappa shape index (κ1) is 31.1. The van der Waals surface area contributed by atoms with Gasteiger partial charge in [0.25, 0.3) is 0 Å². The smallest absolute Gasteiger partial charge is 0.303 e. The van der Waals surface area contributed by atoms with Crippen molar-refractivity contribution in [2.45, 2.75) is 51.4 Å². The van der Waals surface area contributed by atoms with Gasteiger partial charge >= 0.3 is 5.97 Å². The van der Waals surface area contributed by atoms with Crippen molar-refractivity contribution in [1.82, 2.24) is 10.2 Å². The number of benzene rings is 3. The van der Waals surface area contributed by atoms with Gasteiger partial charge in [-0.05, 0) is 34.9 Å². The van der Waals surface area contributed by atoms with Crippen LogP contribution < -0.4 is 5.32 Å². The number of hydrogen-bond acceptors (Lipinski definition) is 6. The van der Waals surface area contributed by atoms with Gasteiger partial charge < -0.3 is 29.9 Å². The predicted molar refractivity (Wildman–Crippen MR) is 161 cm³/mol. The summed E-state index contributed by atoms with van der Waals surface area (Å²) in [7, 11) is 2.05. The third-order valence-electron chi connectivity index (χ3n) is 7.61. The summed E-state index contributed by atoms with van der Waals surface area (Å²) in [5.41, 5.74) is 5.69. The quantitative estimate of drug-likeness (QED) is 0.241. The Kier molecular flexibility index (Phi) is 11.0. The lowest BCUT2D eigenvalue weighted by atomic mass is 9.90. The second-order valence-electron chi connectivity index (χ2n) is 10.8. The number of likely N-dealkylation sites (N-methyl/N-ethyl adjacent to an activating group) is 1. The zero-order valence-electron chi connectivity index (χ0n) is 24.2. The largest absolute Gasteiger partial charge is 0.481 e. The molecule has 8 heteroatoms. The molecule has 1 aliphatic heterocycles. The maximum Gasteiger partial charge on any atom is 0.303 e. The zero-order valence-corrected chi connectivity index (χ0v) is 24.2. The zero-order chi connectivity index (χ0) is 30.1. The van der Waals surface area contributed by atoms with E-state index in [1.165, 1.54) is 0 Å². The highest BCUT2D eigenvalue weighted by Crippen LogP contribution is 2.42. The number of aliphatic carboxylic acids is 1. The van der Waals surface area contributed by atoms with Gasteiger partial charge in [-0.25, -0.2) is 0 Å². The van der Waals surface area contributed by atoms with Crippen LogP contribution >= 0.6 is 0 Å². The fourth-order valence-corrected chi connectivity index (χ4v) is 5.21. The lowest BCUT2D eigenvalue weighted by molar-refractivity contribution is -0.275. The van der Waals surface area contributed by atoms with Crippen LogP contribution in [0.1, 0.15) is 54.4 Å². The van der Waals surface area contributed by atoms with Crippen molar-refractivity contribution in [3.8, 4) is 11.1 Å². The molecule has 0 radical (unpaired) electrons. The van der Waals surface area contributed by atoms with Gasteiger partial charge in [0.05, 0.1) is 25.2 Å². The molecule has 1 fully saturated rings. The Morgan fingerprint density at radius 1 is 0.976 bits per heavy atom. The number of nitrogens with one attached hydrogen (secondary N) is 1. The molecule has 3 aromatic rings. The fraction of sp³-hybridized carbons (Fsp3) is 0.353. The number of rotatable bonds is 13. The van der Waals surface area contributed by atoms with Crippen LogP contribution in [0.25, 0.3) is 11.1 Å². The first-order valence-electron chi connectivity index (χ1n) is 14.3. The lowest BCUT2D eigenvalue weighted by Crippen LogP contribution is -2.43. The van der Waals surface area contributed by atoms with Gasteiger partial charge in [0.1, 0.15) is 0 Å². The molecule has 0 unspecified atom stereocenters. The fourth-order valence-electron chi connectivity index (χ4n) is 5.21. The lowest BCUT2D eigenvalue weighted by Gasteiger charge is -2.42. The number of aliphatic hydroxyl groups excluding tert-OH is 1. The molecule has 4 atom stereocenters. The summed E-state index contributed by atoms with van der Waals surface area (Å²) in [5, 5.41) is 21.1. The average Bonchev–Trinajstić information content (AvgIpc) is 3.00. The standard InChI is InChI=1S/C34H40N2O6/c1-4-19-36(3)21-30-23(2)33(26-11-9-24(22-37)10-12-26)42-34(41-30)27-15-13-25(14-16-27)29-8-6-5-7-28(29)20-35-31(38)17-18-32(39)40/h4-16,23,30,33-34,37H,1,17-22H2,2-3H3,(H,35,38)(H,39,40)/t23-,30+,33+,34+/m1/s1. The molecule has 8 nitrogen and oxygen atoms in total. The van der Waals surface area contributed by atoms with Crippen LogP contribution in [-0.4, -0.2) is 53.2 Å². The Labute approximate surface area is 247 Å². The second kappa shape index (κ2) is 14.9. The molecular formula is C34H40N2O6. The minimum Gasteiger partial charge on any atom is -0.481 e. The Morgan fingerprint density at radius 3 is 2.33 bits per heavy atom. The molecule has 0 spiro atoms. The third-order valence-corrected chi connectivity index (χ3v) is 7.61. The second-order valence-corrected chi connectivity index (χ2v) is 10.8. The molecule has 1 aliphatic rings. The molecule has 0 bridgehead atoms. The summed E-state index contributed by atoms with van der Waals surface area (Å²) < 4.78 is 13.1. The van der Waals surface area contributed by atoms with E-state index >= 15 is 0 Å². The Bertz CT molecular complexity index is 1340. The molecule has 1 amide bonds. The summed E-state index contributed by atoms with van der Waals surface area (Å²) in [6.45, 7) is 7.78. The van der Waals surface area contributed by atoms with Crippen molar-refractivity contribution < 1.29 is 29.3 Å². The molecule has 42 heavy (non-hydrogen) atoms. The van der Waals surface area contributed by atoms with Crippen molar-refractivity contribution in [3.63, 3.8) is 0 Å². The van der Waals surface area contributed by atoms with Crippen LogP contribution in [0.15, 0.2) is 85.5 Å². The Morgan fingerprint density at radius 2 is 1.67 bits per heavy atom. The van der Waals surface area contributed by atoms with Gasteiger partial charge in [-0.3, -0.25) is 9.59 Å². The summed E-state index contributed by atoms with van der Waals surface area (Å²) in [6.07, 6.45) is 0.793. The minimum absolute atomic E-state index is 0.00532. The first-order chi connectivity index (χ1) is 20.3. The number of amides is 1. The molecule has 0 aromatic heterocycles. The van der Waals surface area contributed by atoms with E-state index in [4.69, 9.17) is 14.6 Å². The highest BCUT2D eigenvalue weighted by molar-refractivity contribution is 5.80. The maximum atomic E-state index is 12.1.